The summed E-state index contributed by atoms with van der Waals surface area (Å²) < 4.78 is 19.2. The zero-order chi connectivity index (χ0) is 14.3. The molecule has 0 saturated heterocycles. The smallest absolute Gasteiger partial charge is 0.129 e. The standard InChI is InChI=1S/C16H26FNO/c1-5-9-18-16(12(3)6-2)11-19-14-8-7-13(4)15(17)10-14/h7-8,10,12,16,18H,5-6,9,11H2,1-4H3. The van der Waals surface area contributed by atoms with E-state index in [1.54, 1.807) is 13.0 Å². The second-order valence-corrected chi connectivity index (χ2v) is 5.17. The van der Waals surface area contributed by atoms with Crippen molar-refractivity contribution in [2.45, 2.75) is 46.6 Å². The van der Waals surface area contributed by atoms with Gasteiger partial charge in [-0.05, 0) is 37.4 Å². The molecule has 2 nitrogen and oxygen atoms in total. The van der Waals surface area contributed by atoms with E-state index in [0.29, 0.717) is 29.9 Å². The van der Waals surface area contributed by atoms with Crippen molar-refractivity contribution in [1.29, 1.82) is 0 Å². The lowest BCUT2D eigenvalue weighted by Crippen LogP contribution is -2.40. The molecule has 0 aliphatic heterocycles. The van der Waals surface area contributed by atoms with Gasteiger partial charge in [-0.25, -0.2) is 4.39 Å². The van der Waals surface area contributed by atoms with E-state index in [1.807, 2.05) is 6.07 Å². The van der Waals surface area contributed by atoms with Crippen molar-refractivity contribution in [2.24, 2.45) is 5.92 Å². The number of ether oxygens (including phenoxy) is 1. The summed E-state index contributed by atoms with van der Waals surface area (Å²) in [6, 6.07) is 5.35. The molecule has 1 aromatic rings. The Morgan fingerprint density at radius 3 is 2.63 bits per heavy atom. The molecule has 0 heterocycles. The lowest BCUT2D eigenvalue weighted by atomic mass is 10.00. The number of halogens is 1. The third kappa shape index (κ3) is 5.19. The number of hydrogen-bond acceptors (Lipinski definition) is 2. The summed E-state index contributed by atoms with van der Waals surface area (Å²) in [5.41, 5.74) is 0.648. The highest BCUT2D eigenvalue weighted by molar-refractivity contribution is 5.28. The van der Waals surface area contributed by atoms with Gasteiger partial charge in [0.2, 0.25) is 0 Å². The minimum atomic E-state index is -0.209. The average Bonchev–Trinajstić information content (AvgIpc) is 2.42. The minimum absolute atomic E-state index is 0.209. The molecular weight excluding hydrogens is 241 g/mol. The first kappa shape index (κ1) is 16.0. The molecule has 1 rings (SSSR count). The normalized spacial score (nSPS) is 14.2. The zero-order valence-corrected chi connectivity index (χ0v) is 12.5. The maximum Gasteiger partial charge on any atom is 0.129 e. The SMILES string of the molecule is CCCNC(COc1ccc(C)c(F)c1)C(C)CC. The topological polar surface area (TPSA) is 21.3 Å². The first-order valence-corrected chi connectivity index (χ1v) is 7.20. The van der Waals surface area contributed by atoms with Crippen LogP contribution in [0.3, 0.4) is 0 Å². The van der Waals surface area contributed by atoms with Gasteiger partial charge >= 0.3 is 0 Å². The lowest BCUT2D eigenvalue weighted by molar-refractivity contribution is 0.220. The van der Waals surface area contributed by atoms with Gasteiger partial charge in [-0.1, -0.05) is 33.3 Å². The Kier molecular flexibility index (Phi) is 6.85. The highest BCUT2D eigenvalue weighted by atomic mass is 19.1. The fraction of sp³-hybridized carbons (Fsp3) is 0.625. The van der Waals surface area contributed by atoms with Crippen molar-refractivity contribution >= 4 is 0 Å². The van der Waals surface area contributed by atoms with E-state index in [1.165, 1.54) is 6.07 Å². The zero-order valence-electron chi connectivity index (χ0n) is 12.5. The van der Waals surface area contributed by atoms with E-state index in [-0.39, 0.29) is 5.82 Å². The molecule has 0 bridgehead atoms. The van der Waals surface area contributed by atoms with E-state index in [4.69, 9.17) is 4.74 Å². The molecule has 0 aromatic heterocycles. The number of benzene rings is 1. The van der Waals surface area contributed by atoms with Crippen LogP contribution in [0.4, 0.5) is 4.39 Å². The molecule has 1 aromatic carbocycles. The predicted molar refractivity (Wildman–Crippen MR) is 78.2 cm³/mol. The van der Waals surface area contributed by atoms with Crippen molar-refractivity contribution in [3.8, 4) is 5.75 Å². The molecule has 3 heteroatoms. The van der Waals surface area contributed by atoms with Gasteiger partial charge in [-0.2, -0.15) is 0 Å². The summed E-state index contributed by atoms with van der Waals surface area (Å²) >= 11 is 0. The summed E-state index contributed by atoms with van der Waals surface area (Å²) in [4.78, 5) is 0. The Bertz CT molecular complexity index is 381. The molecule has 108 valence electrons. The van der Waals surface area contributed by atoms with Crippen molar-refractivity contribution in [3.63, 3.8) is 0 Å². The predicted octanol–water partition coefficient (Wildman–Crippen LogP) is 3.93. The molecule has 1 N–H and O–H groups in total. The van der Waals surface area contributed by atoms with Crippen LogP contribution in [0.2, 0.25) is 0 Å². The average molecular weight is 267 g/mol. The van der Waals surface area contributed by atoms with E-state index >= 15 is 0 Å². The van der Waals surface area contributed by atoms with Gasteiger partial charge in [-0.15, -0.1) is 0 Å². The fourth-order valence-electron chi connectivity index (χ4n) is 1.89. The Balaban J connectivity index is 2.56. The Hall–Kier alpha value is -1.09. The molecule has 2 atom stereocenters. The Labute approximate surface area is 116 Å². The van der Waals surface area contributed by atoms with Crippen molar-refractivity contribution in [1.82, 2.24) is 5.32 Å². The number of rotatable bonds is 8. The lowest BCUT2D eigenvalue weighted by Gasteiger charge is -2.24. The third-order valence-corrected chi connectivity index (χ3v) is 3.56. The minimum Gasteiger partial charge on any atom is -0.492 e. The van der Waals surface area contributed by atoms with E-state index < -0.39 is 0 Å². The fourth-order valence-corrected chi connectivity index (χ4v) is 1.89. The Morgan fingerprint density at radius 2 is 2.05 bits per heavy atom. The van der Waals surface area contributed by atoms with Crippen molar-refractivity contribution < 1.29 is 9.13 Å². The highest BCUT2D eigenvalue weighted by Gasteiger charge is 2.15. The van der Waals surface area contributed by atoms with Gasteiger partial charge < -0.3 is 10.1 Å². The molecule has 2 unspecified atom stereocenters. The molecule has 0 aliphatic rings. The van der Waals surface area contributed by atoms with Crippen LogP contribution in [0.5, 0.6) is 5.75 Å². The second kappa shape index (κ2) is 8.16. The maximum absolute atomic E-state index is 13.4. The molecule has 0 aliphatic carbocycles. The van der Waals surface area contributed by atoms with Crippen LogP contribution in [0.15, 0.2) is 18.2 Å². The quantitative estimate of drug-likeness (QED) is 0.770. The van der Waals surface area contributed by atoms with Gasteiger partial charge in [0, 0.05) is 12.1 Å². The van der Waals surface area contributed by atoms with E-state index in [9.17, 15) is 4.39 Å². The van der Waals surface area contributed by atoms with Crippen LogP contribution < -0.4 is 10.1 Å². The third-order valence-electron chi connectivity index (χ3n) is 3.56. The van der Waals surface area contributed by atoms with Crippen LogP contribution in [0, 0.1) is 18.7 Å². The molecule has 19 heavy (non-hydrogen) atoms. The van der Waals surface area contributed by atoms with Crippen LogP contribution in [-0.4, -0.2) is 19.2 Å². The molecule has 0 fully saturated rings. The molecule has 0 amide bonds. The largest absolute Gasteiger partial charge is 0.492 e. The Morgan fingerprint density at radius 1 is 1.32 bits per heavy atom. The maximum atomic E-state index is 13.4. The van der Waals surface area contributed by atoms with Crippen LogP contribution >= 0.6 is 0 Å². The first-order valence-electron chi connectivity index (χ1n) is 7.20. The summed E-state index contributed by atoms with van der Waals surface area (Å²) in [7, 11) is 0. The summed E-state index contributed by atoms with van der Waals surface area (Å²) in [6.45, 7) is 9.86. The van der Waals surface area contributed by atoms with Crippen LogP contribution in [0.1, 0.15) is 39.2 Å². The summed E-state index contributed by atoms with van der Waals surface area (Å²) in [5.74, 6) is 0.940. The summed E-state index contributed by atoms with van der Waals surface area (Å²) in [5, 5.41) is 3.50. The van der Waals surface area contributed by atoms with Crippen LogP contribution in [0.25, 0.3) is 0 Å². The van der Waals surface area contributed by atoms with Crippen molar-refractivity contribution in [3.05, 3.63) is 29.6 Å². The second-order valence-electron chi connectivity index (χ2n) is 5.17. The monoisotopic (exact) mass is 267 g/mol. The van der Waals surface area contributed by atoms with Gasteiger partial charge in [0.25, 0.3) is 0 Å². The first-order chi connectivity index (χ1) is 9.08. The molecule has 0 spiro atoms. The number of aryl methyl sites for hydroxylation is 1. The van der Waals surface area contributed by atoms with Crippen LogP contribution in [-0.2, 0) is 0 Å². The van der Waals surface area contributed by atoms with E-state index in [2.05, 4.69) is 26.1 Å². The van der Waals surface area contributed by atoms with Crippen molar-refractivity contribution in [2.75, 3.05) is 13.2 Å². The van der Waals surface area contributed by atoms with Gasteiger partial charge in [-0.3, -0.25) is 0 Å². The van der Waals surface area contributed by atoms with E-state index in [0.717, 1.165) is 19.4 Å². The summed E-state index contributed by atoms with van der Waals surface area (Å²) in [6.07, 6.45) is 2.21. The van der Waals surface area contributed by atoms with Gasteiger partial charge in [0.05, 0.1) is 0 Å². The highest BCUT2D eigenvalue weighted by Crippen LogP contribution is 2.17. The molecule has 0 radical (unpaired) electrons. The molecule has 0 saturated carbocycles. The number of nitrogens with one attached hydrogen (secondary N) is 1. The molecular formula is C16H26FNO. The van der Waals surface area contributed by atoms with Gasteiger partial charge in [0.15, 0.2) is 0 Å². The van der Waals surface area contributed by atoms with Gasteiger partial charge in [0.1, 0.15) is 18.2 Å². The number of hydrogen-bond donors (Lipinski definition) is 1.